The predicted octanol–water partition coefficient (Wildman–Crippen LogP) is 5.32. The van der Waals surface area contributed by atoms with E-state index in [1.165, 1.54) is 38.5 Å². The Morgan fingerprint density at radius 2 is 1.44 bits per heavy atom. The molecule has 0 amide bonds. The van der Waals surface area contributed by atoms with E-state index >= 15 is 0 Å². The van der Waals surface area contributed by atoms with E-state index in [9.17, 15) is 0 Å². The van der Waals surface area contributed by atoms with Gasteiger partial charge in [-0.2, -0.15) is 0 Å². The van der Waals surface area contributed by atoms with E-state index in [-0.39, 0.29) is 27.6 Å². The molecule has 0 aromatic carbocycles. The SMILES string of the molecule is CCCCCCCC1(C2([C]3CC3(C)OC)CC2(C)OC)CC1(C)OC. The Morgan fingerprint density at radius 3 is 1.88 bits per heavy atom. The topological polar surface area (TPSA) is 27.7 Å². The van der Waals surface area contributed by atoms with Gasteiger partial charge < -0.3 is 14.2 Å². The molecule has 3 saturated carbocycles. The average molecular weight is 352 g/mol. The fourth-order valence-electron chi connectivity index (χ4n) is 6.19. The van der Waals surface area contributed by atoms with E-state index in [1.807, 2.05) is 21.3 Å². The predicted molar refractivity (Wildman–Crippen MR) is 102 cm³/mol. The molecular formula is C22H39O3. The zero-order valence-corrected chi connectivity index (χ0v) is 17.6. The molecule has 5 unspecified atom stereocenters. The first kappa shape index (κ1) is 19.6. The number of ether oxygens (including phenoxy) is 3. The second kappa shape index (κ2) is 6.21. The third-order valence-electron chi connectivity index (χ3n) is 8.32. The minimum Gasteiger partial charge on any atom is -0.378 e. The molecule has 3 heteroatoms. The van der Waals surface area contributed by atoms with Gasteiger partial charge in [0, 0.05) is 38.1 Å². The molecule has 0 aromatic heterocycles. The second-order valence-electron chi connectivity index (χ2n) is 9.47. The van der Waals surface area contributed by atoms with Crippen LogP contribution in [0, 0.1) is 16.7 Å². The van der Waals surface area contributed by atoms with Crippen LogP contribution in [0.3, 0.4) is 0 Å². The van der Waals surface area contributed by atoms with Gasteiger partial charge >= 0.3 is 0 Å². The van der Waals surface area contributed by atoms with Gasteiger partial charge in [0.2, 0.25) is 0 Å². The quantitative estimate of drug-likeness (QED) is 0.471. The fraction of sp³-hybridized carbons (Fsp3) is 0.955. The smallest absolute Gasteiger partial charge is 0.0727 e. The lowest BCUT2D eigenvalue weighted by molar-refractivity contribution is -0.0195. The molecule has 3 fully saturated rings. The number of rotatable bonds is 11. The van der Waals surface area contributed by atoms with Crippen molar-refractivity contribution >= 4 is 0 Å². The van der Waals surface area contributed by atoms with Crippen LogP contribution in [0.2, 0.25) is 0 Å². The summed E-state index contributed by atoms with van der Waals surface area (Å²) >= 11 is 0. The molecule has 3 rings (SSSR count). The first-order valence-electron chi connectivity index (χ1n) is 10.3. The monoisotopic (exact) mass is 351 g/mol. The Labute approximate surface area is 155 Å². The lowest BCUT2D eigenvalue weighted by Crippen LogP contribution is -2.38. The van der Waals surface area contributed by atoms with E-state index in [1.54, 1.807) is 5.92 Å². The summed E-state index contributed by atoms with van der Waals surface area (Å²) in [7, 11) is 5.63. The maximum Gasteiger partial charge on any atom is 0.0727 e. The lowest BCUT2D eigenvalue weighted by atomic mass is 9.72. The zero-order chi connectivity index (χ0) is 18.6. The van der Waals surface area contributed by atoms with Crippen molar-refractivity contribution in [2.45, 2.75) is 102 Å². The second-order valence-corrected chi connectivity index (χ2v) is 9.47. The highest BCUT2D eigenvalue weighted by molar-refractivity contribution is 5.51. The minimum absolute atomic E-state index is 0.0156. The van der Waals surface area contributed by atoms with Crippen LogP contribution >= 0.6 is 0 Å². The first-order valence-corrected chi connectivity index (χ1v) is 10.3. The van der Waals surface area contributed by atoms with E-state index < -0.39 is 0 Å². The molecule has 3 aliphatic carbocycles. The molecular weight excluding hydrogens is 312 g/mol. The fourth-order valence-corrected chi connectivity index (χ4v) is 6.19. The summed E-state index contributed by atoms with van der Waals surface area (Å²) in [5.41, 5.74) is 0.228. The number of hydrogen-bond acceptors (Lipinski definition) is 3. The van der Waals surface area contributed by atoms with Gasteiger partial charge in [0.15, 0.2) is 0 Å². The summed E-state index contributed by atoms with van der Waals surface area (Å²) in [6.45, 7) is 9.16. The molecule has 25 heavy (non-hydrogen) atoms. The van der Waals surface area contributed by atoms with Gasteiger partial charge in [-0.15, -0.1) is 0 Å². The summed E-state index contributed by atoms with van der Waals surface area (Å²) < 4.78 is 18.0. The van der Waals surface area contributed by atoms with Gasteiger partial charge in [0.1, 0.15) is 0 Å². The maximum absolute atomic E-state index is 6.08. The third-order valence-corrected chi connectivity index (χ3v) is 8.32. The van der Waals surface area contributed by atoms with Crippen LogP contribution in [-0.2, 0) is 14.2 Å². The highest BCUT2D eigenvalue weighted by atomic mass is 16.5. The Bertz CT molecular complexity index is 508. The lowest BCUT2D eigenvalue weighted by Gasteiger charge is -2.36. The van der Waals surface area contributed by atoms with E-state index in [0.717, 1.165) is 19.3 Å². The zero-order valence-electron chi connectivity index (χ0n) is 17.6. The van der Waals surface area contributed by atoms with E-state index in [0.29, 0.717) is 0 Å². The standard InChI is InChI=1S/C22H39O3/c1-8-9-10-11-12-13-21(15-19(21,3)24-6)22(16-20(22,4)25-7)17-14-18(17,2)23-5/h8-16H2,1-7H3. The highest BCUT2D eigenvalue weighted by Gasteiger charge is 2.91. The van der Waals surface area contributed by atoms with Crippen molar-refractivity contribution in [2.75, 3.05) is 21.3 Å². The highest BCUT2D eigenvalue weighted by Crippen LogP contribution is 2.89. The Kier molecular flexibility index (Phi) is 4.87. The van der Waals surface area contributed by atoms with Crippen molar-refractivity contribution in [3.05, 3.63) is 5.92 Å². The molecule has 0 aliphatic heterocycles. The van der Waals surface area contributed by atoms with Gasteiger partial charge in [0.25, 0.3) is 0 Å². The van der Waals surface area contributed by atoms with Crippen molar-refractivity contribution in [2.24, 2.45) is 10.8 Å². The Balaban J connectivity index is 1.82. The van der Waals surface area contributed by atoms with Gasteiger partial charge in [0.05, 0.1) is 16.8 Å². The van der Waals surface area contributed by atoms with Crippen molar-refractivity contribution in [1.29, 1.82) is 0 Å². The summed E-state index contributed by atoms with van der Waals surface area (Å²) in [4.78, 5) is 0. The molecule has 3 nitrogen and oxygen atoms in total. The van der Waals surface area contributed by atoms with Gasteiger partial charge in [-0.3, -0.25) is 0 Å². The molecule has 5 atom stereocenters. The molecule has 0 heterocycles. The normalized spacial score (nSPS) is 48.6. The van der Waals surface area contributed by atoms with E-state index in [4.69, 9.17) is 14.2 Å². The van der Waals surface area contributed by atoms with Gasteiger partial charge in [-0.1, -0.05) is 39.0 Å². The molecule has 145 valence electrons. The molecule has 3 aliphatic rings. The number of unbranched alkanes of at least 4 members (excludes halogenated alkanes) is 4. The molecule has 0 aromatic rings. The molecule has 1 radical (unpaired) electrons. The van der Waals surface area contributed by atoms with Crippen LogP contribution < -0.4 is 0 Å². The van der Waals surface area contributed by atoms with Crippen molar-refractivity contribution in [1.82, 2.24) is 0 Å². The largest absolute Gasteiger partial charge is 0.378 e. The molecule has 0 spiro atoms. The number of hydrogen-bond donors (Lipinski definition) is 0. The third kappa shape index (κ3) is 2.56. The Morgan fingerprint density at radius 1 is 0.800 bits per heavy atom. The number of methoxy groups -OCH3 is 3. The molecule has 0 saturated heterocycles. The van der Waals surface area contributed by atoms with Crippen molar-refractivity contribution in [3.63, 3.8) is 0 Å². The Hall–Kier alpha value is -0.120. The van der Waals surface area contributed by atoms with Crippen LogP contribution in [0.25, 0.3) is 0 Å². The summed E-state index contributed by atoms with van der Waals surface area (Å²) in [6, 6.07) is 0. The minimum atomic E-state index is -0.0572. The van der Waals surface area contributed by atoms with Crippen molar-refractivity contribution < 1.29 is 14.2 Å². The van der Waals surface area contributed by atoms with Crippen LogP contribution in [-0.4, -0.2) is 38.1 Å². The van der Waals surface area contributed by atoms with Gasteiger partial charge in [-0.25, -0.2) is 0 Å². The summed E-state index contributed by atoms with van der Waals surface area (Å²) in [5.74, 6) is 1.58. The van der Waals surface area contributed by atoms with Crippen LogP contribution in [0.15, 0.2) is 0 Å². The van der Waals surface area contributed by atoms with Crippen molar-refractivity contribution in [3.8, 4) is 0 Å². The average Bonchev–Trinajstić information content (AvgIpc) is 3.53. The van der Waals surface area contributed by atoms with Crippen LogP contribution in [0.1, 0.15) is 85.5 Å². The summed E-state index contributed by atoms with van der Waals surface area (Å²) in [6.07, 6.45) is 11.3. The first-order chi connectivity index (χ1) is 11.7. The van der Waals surface area contributed by atoms with Crippen LogP contribution in [0.5, 0.6) is 0 Å². The van der Waals surface area contributed by atoms with Crippen LogP contribution in [0.4, 0.5) is 0 Å². The van der Waals surface area contributed by atoms with E-state index in [2.05, 4.69) is 27.7 Å². The maximum atomic E-state index is 6.08. The molecule has 0 bridgehead atoms. The summed E-state index contributed by atoms with van der Waals surface area (Å²) in [5, 5.41) is 0. The van der Waals surface area contributed by atoms with Gasteiger partial charge in [-0.05, 0) is 46.5 Å². The molecule has 0 N–H and O–H groups in total.